The Balaban J connectivity index is 3.34. The molecule has 0 aliphatic rings. The highest BCUT2D eigenvalue weighted by molar-refractivity contribution is 5.78. The molecule has 0 amide bonds. The minimum Gasteiger partial charge on any atom is -0.481 e. The van der Waals surface area contributed by atoms with Gasteiger partial charge in [0.2, 0.25) is 0 Å². The monoisotopic (exact) mass is 550 g/mol. The lowest BCUT2D eigenvalue weighted by atomic mass is 9.97. The normalized spacial score (nSPS) is 12.3. The number of esters is 1. The van der Waals surface area contributed by atoms with E-state index in [0.717, 1.165) is 25.7 Å². The van der Waals surface area contributed by atoms with Gasteiger partial charge in [-0.15, -0.1) is 0 Å². The van der Waals surface area contributed by atoms with Gasteiger partial charge in [-0.1, -0.05) is 154 Å². The number of hydrogen-bond donors (Lipinski definition) is 1. The SMILES string of the molecule is CCCCCCCCCCCCCCCCC/C=C/CCCCCCCCCC(CC(=O)OCCC)C(=O)O. The minimum absolute atomic E-state index is 0.00227. The molecular formula is C35H66O4. The summed E-state index contributed by atoms with van der Waals surface area (Å²) in [6.07, 6.45) is 38.0. The predicted molar refractivity (Wildman–Crippen MR) is 167 cm³/mol. The molecule has 0 aliphatic carbocycles. The maximum absolute atomic E-state index is 11.7. The molecule has 0 radical (unpaired) electrons. The number of carboxylic acid groups (broad SMARTS) is 1. The van der Waals surface area contributed by atoms with Crippen molar-refractivity contribution < 1.29 is 19.4 Å². The van der Waals surface area contributed by atoms with Gasteiger partial charge in [-0.2, -0.15) is 0 Å². The van der Waals surface area contributed by atoms with Crippen LogP contribution in [0.5, 0.6) is 0 Å². The van der Waals surface area contributed by atoms with Crippen molar-refractivity contribution in [3.63, 3.8) is 0 Å². The van der Waals surface area contributed by atoms with E-state index in [-0.39, 0.29) is 12.4 Å². The maximum atomic E-state index is 11.7. The molecule has 0 aromatic carbocycles. The molecule has 0 saturated carbocycles. The molecule has 0 aromatic rings. The summed E-state index contributed by atoms with van der Waals surface area (Å²) in [4.78, 5) is 23.0. The second-order valence-electron chi connectivity index (χ2n) is 11.7. The molecule has 4 nitrogen and oxygen atoms in total. The summed E-state index contributed by atoms with van der Waals surface area (Å²) in [7, 11) is 0. The molecular weight excluding hydrogens is 484 g/mol. The number of carboxylic acids is 1. The van der Waals surface area contributed by atoms with Crippen LogP contribution in [0.3, 0.4) is 0 Å². The Bertz CT molecular complexity index is 557. The first kappa shape index (κ1) is 37.7. The van der Waals surface area contributed by atoms with Crippen LogP contribution < -0.4 is 0 Å². The van der Waals surface area contributed by atoms with E-state index < -0.39 is 11.9 Å². The minimum atomic E-state index is -0.879. The number of unbranched alkanes of at least 4 members (excludes halogenated alkanes) is 22. The van der Waals surface area contributed by atoms with Gasteiger partial charge in [-0.3, -0.25) is 9.59 Å². The van der Waals surface area contributed by atoms with E-state index in [9.17, 15) is 14.7 Å². The number of allylic oxidation sites excluding steroid dienone is 2. The molecule has 1 atom stereocenters. The predicted octanol–water partition coefficient (Wildman–Crippen LogP) is 11.4. The Kier molecular flexibility index (Phi) is 30.2. The largest absolute Gasteiger partial charge is 0.481 e. The molecule has 0 bridgehead atoms. The van der Waals surface area contributed by atoms with Gasteiger partial charge in [-0.05, 0) is 38.5 Å². The van der Waals surface area contributed by atoms with E-state index in [4.69, 9.17) is 4.74 Å². The third-order valence-electron chi connectivity index (χ3n) is 7.79. The van der Waals surface area contributed by atoms with Gasteiger partial charge in [0, 0.05) is 0 Å². The number of rotatable bonds is 31. The fraction of sp³-hybridized carbons (Fsp3) is 0.886. The van der Waals surface area contributed by atoms with Crippen molar-refractivity contribution in [2.75, 3.05) is 6.61 Å². The summed E-state index contributed by atoms with van der Waals surface area (Å²) >= 11 is 0. The lowest BCUT2D eigenvalue weighted by molar-refractivity contribution is -0.151. The summed E-state index contributed by atoms with van der Waals surface area (Å²) in [5, 5.41) is 9.33. The van der Waals surface area contributed by atoms with Crippen LogP contribution in [0.1, 0.15) is 187 Å². The van der Waals surface area contributed by atoms with Gasteiger partial charge in [0.25, 0.3) is 0 Å². The molecule has 0 heterocycles. The zero-order valence-corrected chi connectivity index (χ0v) is 26.2. The standard InChI is InChI=1S/C35H66O4/c1-3-5-6-7-8-9-10-11-12-13-14-15-16-17-18-19-20-21-22-23-24-25-26-27-28-29-30-33(35(37)38)32-34(36)39-31-4-2/h20-21,33H,3-19,22-32H2,1-2H3,(H,37,38)/b21-20+. The lowest BCUT2D eigenvalue weighted by Gasteiger charge is -2.11. The van der Waals surface area contributed by atoms with E-state index >= 15 is 0 Å². The van der Waals surface area contributed by atoms with Crippen molar-refractivity contribution in [1.29, 1.82) is 0 Å². The molecule has 0 spiro atoms. The summed E-state index contributed by atoms with van der Waals surface area (Å²) in [5.74, 6) is -1.86. The van der Waals surface area contributed by atoms with Crippen LogP contribution in [0.4, 0.5) is 0 Å². The van der Waals surface area contributed by atoms with Gasteiger partial charge >= 0.3 is 11.9 Å². The number of carbonyl (C=O) groups excluding carboxylic acids is 1. The molecule has 0 saturated heterocycles. The average molecular weight is 551 g/mol. The summed E-state index contributed by atoms with van der Waals surface area (Å²) < 4.78 is 5.03. The molecule has 0 aliphatic heterocycles. The first-order valence-corrected chi connectivity index (χ1v) is 17.1. The van der Waals surface area contributed by atoms with Crippen molar-refractivity contribution in [2.24, 2.45) is 5.92 Å². The second kappa shape index (κ2) is 31.2. The third-order valence-corrected chi connectivity index (χ3v) is 7.79. The maximum Gasteiger partial charge on any atom is 0.307 e. The van der Waals surface area contributed by atoms with Crippen LogP contribution >= 0.6 is 0 Å². The van der Waals surface area contributed by atoms with Gasteiger partial charge in [-0.25, -0.2) is 0 Å². The van der Waals surface area contributed by atoms with Gasteiger partial charge in [0.15, 0.2) is 0 Å². The summed E-state index contributed by atoms with van der Waals surface area (Å²) in [6, 6.07) is 0. The van der Waals surface area contributed by atoms with E-state index in [1.165, 1.54) is 135 Å². The quantitative estimate of drug-likeness (QED) is 0.0529. The van der Waals surface area contributed by atoms with E-state index in [0.29, 0.717) is 13.0 Å². The molecule has 1 N–H and O–H groups in total. The molecule has 4 heteroatoms. The number of carbonyl (C=O) groups is 2. The molecule has 39 heavy (non-hydrogen) atoms. The molecule has 1 unspecified atom stereocenters. The zero-order valence-electron chi connectivity index (χ0n) is 26.2. The fourth-order valence-corrected chi connectivity index (χ4v) is 5.19. The van der Waals surface area contributed by atoms with Crippen molar-refractivity contribution in [1.82, 2.24) is 0 Å². The Labute approximate surface area is 243 Å². The van der Waals surface area contributed by atoms with Crippen molar-refractivity contribution in [3.8, 4) is 0 Å². The Morgan fingerprint density at radius 3 is 1.33 bits per heavy atom. The van der Waals surface area contributed by atoms with E-state index in [2.05, 4.69) is 19.1 Å². The highest BCUT2D eigenvalue weighted by Crippen LogP contribution is 2.17. The first-order chi connectivity index (χ1) is 19.1. The van der Waals surface area contributed by atoms with Crippen LogP contribution in [0, 0.1) is 5.92 Å². The van der Waals surface area contributed by atoms with Crippen LogP contribution in [0.25, 0.3) is 0 Å². The van der Waals surface area contributed by atoms with Crippen molar-refractivity contribution in [3.05, 3.63) is 12.2 Å². The second-order valence-corrected chi connectivity index (χ2v) is 11.7. The first-order valence-electron chi connectivity index (χ1n) is 17.1. The third kappa shape index (κ3) is 29.5. The summed E-state index contributed by atoms with van der Waals surface area (Å²) in [6.45, 7) is 4.60. The Hall–Kier alpha value is -1.32. The van der Waals surface area contributed by atoms with Crippen LogP contribution in [0.15, 0.2) is 12.2 Å². The van der Waals surface area contributed by atoms with E-state index in [1.807, 2.05) is 6.92 Å². The molecule has 0 fully saturated rings. The lowest BCUT2D eigenvalue weighted by Crippen LogP contribution is -2.19. The number of ether oxygens (including phenoxy) is 1. The van der Waals surface area contributed by atoms with E-state index in [1.54, 1.807) is 0 Å². The van der Waals surface area contributed by atoms with Crippen molar-refractivity contribution in [2.45, 2.75) is 187 Å². The number of aliphatic carboxylic acids is 1. The van der Waals surface area contributed by atoms with Crippen molar-refractivity contribution >= 4 is 11.9 Å². The Morgan fingerprint density at radius 2 is 0.949 bits per heavy atom. The summed E-state index contributed by atoms with van der Waals surface area (Å²) in [5.41, 5.74) is 0. The zero-order chi connectivity index (χ0) is 28.7. The topological polar surface area (TPSA) is 63.6 Å². The number of hydrogen-bond acceptors (Lipinski definition) is 3. The highest BCUT2D eigenvalue weighted by atomic mass is 16.5. The van der Waals surface area contributed by atoms with Crippen LogP contribution in [-0.2, 0) is 14.3 Å². The molecule has 0 rings (SSSR count). The molecule has 230 valence electrons. The Morgan fingerprint density at radius 1 is 0.564 bits per heavy atom. The van der Waals surface area contributed by atoms with Gasteiger partial charge < -0.3 is 9.84 Å². The van der Waals surface area contributed by atoms with Crippen LogP contribution in [0.2, 0.25) is 0 Å². The van der Waals surface area contributed by atoms with Gasteiger partial charge in [0.1, 0.15) is 0 Å². The average Bonchev–Trinajstić information content (AvgIpc) is 2.93. The fourth-order valence-electron chi connectivity index (χ4n) is 5.19. The highest BCUT2D eigenvalue weighted by Gasteiger charge is 2.21. The van der Waals surface area contributed by atoms with Gasteiger partial charge in [0.05, 0.1) is 18.9 Å². The van der Waals surface area contributed by atoms with Crippen LogP contribution in [-0.4, -0.2) is 23.7 Å². The smallest absolute Gasteiger partial charge is 0.307 e. The molecule has 0 aromatic heterocycles.